The predicted molar refractivity (Wildman–Crippen MR) is 99.8 cm³/mol. The second kappa shape index (κ2) is 8.35. The zero-order valence-electron chi connectivity index (χ0n) is 15.5. The highest BCUT2D eigenvalue weighted by Crippen LogP contribution is 2.20. The Balaban J connectivity index is 1.62. The number of rotatable bonds is 7. The zero-order chi connectivity index (χ0) is 19.2. The molecule has 0 radical (unpaired) electrons. The Morgan fingerprint density at radius 3 is 2.63 bits per heavy atom. The van der Waals surface area contributed by atoms with Crippen LogP contribution >= 0.6 is 0 Å². The molecule has 0 bridgehead atoms. The molecule has 1 amide bonds. The first-order valence-corrected chi connectivity index (χ1v) is 8.59. The van der Waals surface area contributed by atoms with Crippen LogP contribution in [0.4, 0.5) is 0 Å². The van der Waals surface area contributed by atoms with E-state index in [-0.39, 0.29) is 12.5 Å². The lowest BCUT2D eigenvalue weighted by atomic mass is 10.1. The summed E-state index contributed by atoms with van der Waals surface area (Å²) in [4.78, 5) is 16.6. The molecule has 0 saturated heterocycles. The van der Waals surface area contributed by atoms with Gasteiger partial charge in [-0.2, -0.15) is 4.98 Å². The number of carbonyl (C=O) groups excluding carboxylic acids is 1. The third kappa shape index (κ3) is 4.44. The molecule has 0 aliphatic rings. The Morgan fingerprint density at radius 1 is 1.19 bits per heavy atom. The Hall–Kier alpha value is -3.35. The van der Waals surface area contributed by atoms with Crippen molar-refractivity contribution in [2.24, 2.45) is 0 Å². The van der Waals surface area contributed by atoms with E-state index in [0.717, 1.165) is 22.6 Å². The molecule has 0 saturated carbocycles. The Kier molecular flexibility index (Phi) is 5.71. The van der Waals surface area contributed by atoms with Crippen LogP contribution in [0.15, 0.2) is 47.0 Å². The molecular weight excluding hydrogens is 346 g/mol. The lowest BCUT2D eigenvalue weighted by Crippen LogP contribution is -2.23. The largest absolute Gasteiger partial charge is 0.497 e. The highest BCUT2D eigenvalue weighted by atomic mass is 16.5. The summed E-state index contributed by atoms with van der Waals surface area (Å²) in [5.41, 5.74) is 2.26. The van der Waals surface area contributed by atoms with Crippen LogP contribution < -0.4 is 14.8 Å². The highest BCUT2D eigenvalue weighted by Gasteiger charge is 2.12. The molecule has 1 heterocycles. The lowest BCUT2D eigenvalue weighted by molar-refractivity contribution is 0.0946. The van der Waals surface area contributed by atoms with E-state index >= 15 is 0 Å². The highest BCUT2D eigenvalue weighted by molar-refractivity contribution is 5.94. The summed E-state index contributed by atoms with van der Waals surface area (Å²) in [6.45, 7) is 4.56. The first-order chi connectivity index (χ1) is 13.1. The molecule has 0 fully saturated rings. The van der Waals surface area contributed by atoms with Crippen LogP contribution in [0.2, 0.25) is 0 Å². The van der Waals surface area contributed by atoms with Crippen molar-refractivity contribution in [1.29, 1.82) is 0 Å². The number of nitrogens with one attached hydrogen (secondary N) is 1. The van der Waals surface area contributed by atoms with Crippen molar-refractivity contribution in [3.8, 4) is 22.9 Å². The van der Waals surface area contributed by atoms with E-state index in [0.29, 0.717) is 23.9 Å². The molecule has 1 aromatic heterocycles. The summed E-state index contributed by atoms with van der Waals surface area (Å²) in [5, 5.41) is 6.73. The Bertz CT molecular complexity index is 919. The Labute approximate surface area is 157 Å². The van der Waals surface area contributed by atoms with E-state index in [4.69, 9.17) is 14.0 Å². The number of nitrogens with zero attached hydrogens (tertiary/aromatic N) is 2. The third-order valence-electron chi connectivity index (χ3n) is 3.95. The first-order valence-electron chi connectivity index (χ1n) is 8.59. The van der Waals surface area contributed by atoms with E-state index in [1.54, 1.807) is 25.3 Å². The number of amides is 1. The summed E-state index contributed by atoms with van der Waals surface area (Å²) >= 11 is 0. The number of methoxy groups -OCH3 is 1. The zero-order valence-corrected chi connectivity index (χ0v) is 15.5. The standard InChI is InChI=1S/C20H21N3O4/c1-4-26-17-10-7-15(11-13(17)2)20(24)21-12-18-22-19(23-27-18)14-5-8-16(25-3)9-6-14/h5-11H,4,12H2,1-3H3,(H,21,24). The monoisotopic (exact) mass is 367 g/mol. The van der Waals surface area contributed by atoms with Gasteiger partial charge in [-0.1, -0.05) is 5.16 Å². The van der Waals surface area contributed by atoms with Crippen LogP contribution in [0.25, 0.3) is 11.4 Å². The lowest BCUT2D eigenvalue weighted by Gasteiger charge is -2.08. The molecule has 7 heteroatoms. The van der Waals surface area contributed by atoms with Gasteiger partial charge in [0.25, 0.3) is 5.91 Å². The van der Waals surface area contributed by atoms with E-state index < -0.39 is 0 Å². The molecule has 0 atom stereocenters. The third-order valence-corrected chi connectivity index (χ3v) is 3.95. The van der Waals surface area contributed by atoms with E-state index in [9.17, 15) is 4.79 Å². The average Bonchev–Trinajstić information content (AvgIpc) is 3.17. The summed E-state index contributed by atoms with van der Waals surface area (Å²) in [5.74, 6) is 2.09. The van der Waals surface area contributed by atoms with Gasteiger partial charge >= 0.3 is 0 Å². The molecule has 0 aliphatic heterocycles. The molecule has 0 unspecified atom stereocenters. The molecule has 3 rings (SSSR count). The minimum atomic E-state index is -0.217. The van der Waals surface area contributed by atoms with Crippen molar-refractivity contribution >= 4 is 5.91 Å². The normalized spacial score (nSPS) is 10.5. The second-order valence-electron chi connectivity index (χ2n) is 5.84. The number of hydrogen-bond donors (Lipinski definition) is 1. The molecular formula is C20H21N3O4. The molecule has 140 valence electrons. The number of aromatic nitrogens is 2. The van der Waals surface area contributed by atoms with Crippen LogP contribution in [-0.4, -0.2) is 29.8 Å². The topological polar surface area (TPSA) is 86.5 Å². The minimum Gasteiger partial charge on any atom is -0.497 e. The smallest absolute Gasteiger partial charge is 0.251 e. The van der Waals surface area contributed by atoms with E-state index in [2.05, 4.69) is 15.5 Å². The number of aryl methyl sites for hydroxylation is 1. The van der Waals surface area contributed by atoms with Gasteiger partial charge in [0.2, 0.25) is 11.7 Å². The van der Waals surface area contributed by atoms with Crippen molar-refractivity contribution in [1.82, 2.24) is 15.5 Å². The van der Waals surface area contributed by atoms with Crippen LogP contribution in [0.5, 0.6) is 11.5 Å². The van der Waals surface area contributed by atoms with Crippen molar-refractivity contribution in [2.45, 2.75) is 20.4 Å². The van der Waals surface area contributed by atoms with Gasteiger partial charge in [0.05, 0.1) is 20.3 Å². The fourth-order valence-electron chi connectivity index (χ4n) is 2.55. The second-order valence-corrected chi connectivity index (χ2v) is 5.84. The van der Waals surface area contributed by atoms with Crippen LogP contribution in [0.1, 0.15) is 28.7 Å². The van der Waals surface area contributed by atoms with Crippen LogP contribution in [0.3, 0.4) is 0 Å². The molecule has 2 aromatic carbocycles. The summed E-state index contributed by atoms with van der Waals surface area (Å²) in [7, 11) is 1.61. The fraction of sp³-hybridized carbons (Fsp3) is 0.250. The van der Waals surface area contributed by atoms with Gasteiger partial charge in [-0.25, -0.2) is 0 Å². The van der Waals surface area contributed by atoms with Crippen LogP contribution in [-0.2, 0) is 6.54 Å². The minimum absolute atomic E-state index is 0.147. The number of benzene rings is 2. The molecule has 1 N–H and O–H groups in total. The molecule has 7 nitrogen and oxygen atoms in total. The van der Waals surface area contributed by atoms with Crippen molar-refractivity contribution in [3.63, 3.8) is 0 Å². The van der Waals surface area contributed by atoms with Crippen molar-refractivity contribution < 1.29 is 18.8 Å². The number of ether oxygens (including phenoxy) is 2. The molecule has 0 spiro atoms. The van der Waals surface area contributed by atoms with Gasteiger partial charge in [0, 0.05) is 11.1 Å². The molecule has 0 aliphatic carbocycles. The van der Waals surface area contributed by atoms with E-state index in [1.807, 2.05) is 38.1 Å². The maximum absolute atomic E-state index is 12.3. The molecule has 3 aromatic rings. The van der Waals surface area contributed by atoms with Gasteiger partial charge in [0.15, 0.2) is 0 Å². The summed E-state index contributed by atoms with van der Waals surface area (Å²) < 4.78 is 15.8. The van der Waals surface area contributed by atoms with Gasteiger partial charge in [-0.15, -0.1) is 0 Å². The summed E-state index contributed by atoms with van der Waals surface area (Å²) in [6, 6.07) is 12.6. The Morgan fingerprint density at radius 2 is 1.96 bits per heavy atom. The quantitative estimate of drug-likeness (QED) is 0.689. The van der Waals surface area contributed by atoms with Gasteiger partial charge < -0.3 is 19.3 Å². The maximum atomic E-state index is 12.3. The van der Waals surface area contributed by atoms with Gasteiger partial charge in [0.1, 0.15) is 11.5 Å². The van der Waals surface area contributed by atoms with Gasteiger partial charge in [-0.05, 0) is 61.9 Å². The summed E-state index contributed by atoms with van der Waals surface area (Å²) in [6.07, 6.45) is 0. The first kappa shape index (κ1) is 18.4. The number of carbonyl (C=O) groups is 1. The fourth-order valence-corrected chi connectivity index (χ4v) is 2.55. The van der Waals surface area contributed by atoms with Crippen LogP contribution in [0, 0.1) is 6.92 Å². The average molecular weight is 367 g/mol. The van der Waals surface area contributed by atoms with Crippen molar-refractivity contribution in [2.75, 3.05) is 13.7 Å². The SMILES string of the molecule is CCOc1ccc(C(=O)NCc2nc(-c3ccc(OC)cc3)no2)cc1C. The predicted octanol–water partition coefficient (Wildman–Crippen LogP) is 3.38. The van der Waals surface area contributed by atoms with Gasteiger partial charge in [-0.3, -0.25) is 4.79 Å². The number of hydrogen-bond acceptors (Lipinski definition) is 6. The van der Waals surface area contributed by atoms with E-state index in [1.165, 1.54) is 0 Å². The van der Waals surface area contributed by atoms with Crippen molar-refractivity contribution in [3.05, 3.63) is 59.5 Å². The molecule has 27 heavy (non-hydrogen) atoms. The maximum Gasteiger partial charge on any atom is 0.251 e.